The molecule has 0 spiro atoms. The van der Waals surface area contributed by atoms with Crippen molar-refractivity contribution in [3.05, 3.63) is 35.0 Å². The third-order valence-electron chi connectivity index (χ3n) is 4.86. The van der Waals surface area contributed by atoms with Crippen LogP contribution in [-0.2, 0) is 14.7 Å². The van der Waals surface area contributed by atoms with E-state index in [2.05, 4.69) is 4.74 Å². The quantitative estimate of drug-likeness (QED) is 0.478. The number of methoxy groups -OCH3 is 1. The molecule has 1 heterocycles. The summed E-state index contributed by atoms with van der Waals surface area (Å²) in [5.41, 5.74) is -1.51. The van der Waals surface area contributed by atoms with Gasteiger partial charge in [0.25, 0.3) is 0 Å². The van der Waals surface area contributed by atoms with Crippen LogP contribution < -0.4 is 4.74 Å². The van der Waals surface area contributed by atoms with Gasteiger partial charge in [0.05, 0.1) is 7.11 Å². The molecular weight excluding hydrogens is 312 g/mol. The maximum Gasteiger partial charge on any atom is 0.346 e. The van der Waals surface area contributed by atoms with E-state index in [1.807, 2.05) is 0 Å². The van der Waals surface area contributed by atoms with Crippen molar-refractivity contribution in [1.82, 2.24) is 5.06 Å². The number of carbonyl (C=O) groups excluding carboxylic acids is 1. The van der Waals surface area contributed by atoms with Gasteiger partial charge in [0, 0.05) is 5.21 Å². The highest BCUT2D eigenvalue weighted by Gasteiger charge is 2.60. The molecular formula is C17H23N2O5. The van der Waals surface area contributed by atoms with E-state index in [0.717, 1.165) is 0 Å². The summed E-state index contributed by atoms with van der Waals surface area (Å²) in [7, 11) is 1.27. The van der Waals surface area contributed by atoms with Crippen molar-refractivity contribution in [2.75, 3.05) is 7.11 Å². The molecule has 7 heteroatoms. The zero-order valence-electron chi connectivity index (χ0n) is 14.8. The van der Waals surface area contributed by atoms with Crippen LogP contribution in [0, 0.1) is 5.21 Å². The molecule has 131 valence electrons. The Labute approximate surface area is 141 Å². The number of hydrogen-bond acceptors (Lipinski definition) is 5. The molecule has 2 rings (SSSR count). The highest BCUT2D eigenvalue weighted by Crippen LogP contribution is 2.38. The standard InChI is InChI=1S/C17H23N2O5/c1-11(15(20)23-6)24-13-10-8-7-9-12(13)14-18(21)16(2,3)17(4,5)19(14)22/h7-11H,1-6H3/t11-/m1/s1. The van der Waals surface area contributed by atoms with Crippen molar-refractivity contribution in [1.29, 1.82) is 0 Å². The molecule has 0 unspecified atom stereocenters. The van der Waals surface area contributed by atoms with Crippen LogP contribution in [0.4, 0.5) is 0 Å². The van der Waals surface area contributed by atoms with Gasteiger partial charge in [-0.05, 0) is 46.8 Å². The molecule has 0 bridgehead atoms. The second-order valence-electron chi connectivity index (χ2n) is 6.81. The van der Waals surface area contributed by atoms with Gasteiger partial charge in [0.1, 0.15) is 16.9 Å². The predicted molar refractivity (Wildman–Crippen MR) is 87.0 cm³/mol. The maximum absolute atomic E-state index is 12.8. The van der Waals surface area contributed by atoms with E-state index in [4.69, 9.17) is 4.74 Å². The van der Waals surface area contributed by atoms with Gasteiger partial charge >= 0.3 is 11.8 Å². The second kappa shape index (κ2) is 5.98. The smallest absolute Gasteiger partial charge is 0.346 e. The third kappa shape index (κ3) is 2.58. The number of hydrogen-bond donors (Lipinski definition) is 0. The average molecular weight is 335 g/mol. The summed E-state index contributed by atoms with van der Waals surface area (Å²) in [6, 6.07) is 6.65. The zero-order valence-corrected chi connectivity index (χ0v) is 14.8. The van der Waals surface area contributed by atoms with Crippen LogP contribution in [-0.4, -0.2) is 45.9 Å². The number of para-hydroxylation sites is 1. The Morgan fingerprint density at radius 3 is 2.33 bits per heavy atom. The van der Waals surface area contributed by atoms with Crippen molar-refractivity contribution in [2.45, 2.75) is 51.8 Å². The summed E-state index contributed by atoms with van der Waals surface area (Å²) in [5, 5.41) is 26.3. The van der Waals surface area contributed by atoms with E-state index >= 15 is 0 Å². The Morgan fingerprint density at radius 1 is 1.25 bits per heavy atom. The Balaban J connectivity index is 2.51. The van der Waals surface area contributed by atoms with E-state index < -0.39 is 23.2 Å². The first-order valence-corrected chi connectivity index (χ1v) is 7.71. The van der Waals surface area contributed by atoms with Gasteiger partial charge < -0.3 is 14.7 Å². The van der Waals surface area contributed by atoms with E-state index in [-0.39, 0.29) is 11.6 Å². The van der Waals surface area contributed by atoms with Crippen LogP contribution in [0.3, 0.4) is 0 Å². The maximum atomic E-state index is 12.8. The van der Waals surface area contributed by atoms with Gasteiger partial charge in [-0.1, -0.05) is 17.2 Å². The normalized spacial score (nSPS) is 20.0. The number of hydroxylamine groups is 3. The first-order chi connectivity index (χ1) is 11.1. The van der Waals surface area contributed by atoms with Gasteiger partial charge in [-0.2, -0.15) is 0 Å². The lowest BCUT2D eigenvalue weighted by Gasteiger charge is -2.32. The van der Waals surface area contributed by atoms with Gasteiger partial charge in [-0.25, -0.2) is 4.79 Å². The molecule has 0 aliphatic carbocycles. The monoisotopic (exact) mass is 335 g/mol. The number of nitrogens with zero attached hydrogens (tertiary/aromatic N) is 2. The van der Waals surface area contributed by atoms with Crippen molar-refractivity contribution < 1.29 is 24.2 Å². The predicted octanol–water partition coefficient (Wildman–Crippen LogP) is 2.10. The highest BCUT2D eigenvalue weighted by atomic mass is 16.6. The van der Waals surface area contributed by atoms with Crippen molar-refractivity contribution in [2.24, 2.45) is 0 Å². The van der Waals surface area contributed by atoms with Gasteiger partial charge in [0.15, 0.2) is 11.6 Å². The van der Waals surface area contributed by atoms with Crippen LogP contribution in [0.5, 0.6) is 5.75 Å². The van der Waals surface area contributed by atoms with Crippen LogP contribution >= 0.6 is 0 Å². The number of amidine groups is 1. The molecule has 0 saturated heterocycles. The molecule has 0 fully saturated rings. The number of esters is 1. The zero-order chi connectivity index (χ0) is 18.3. The van der Waals surface area contributed by atoms with Crippen LogP contribution in [0.25, 0.3) is 0 Å². The summed E-state index contributed by atoms with van der Waals surface area (Å²) in [5.74, 6) is -0.293. The fourth-order valence-corrected chi connectivity index (χ4v) is 2.49. The highest BCUT2D eigenvalue weighted by molar-refractivity contribution is 5.98. The SMILES string of the molecule is COC(=O)[C@@H](C)Oc1ccccc1C1=[N+]([O-])C(C)(C)C(C)(C)N1[O]. The molecule has 1 radical (unpaired) electrons. The lowest BCUT2D eigenvalue weighted by Crippen LogP contribution is -2.53. The number of rotatable bonds is 4. The molecule has 0 aromatic heterocycles. The molecule has 0 amide bonds. The summed E-state index contributed by atoms with van der Waals surface area (Å²) >= 11 is 0. The van der Waals surface area contributed by atoms with Crippen LogP contribution in [0.15, 0.2) is 24.3 Å². The summed E-state index contributed by atoms with van der Waals surface area (Å²) in [6.45, 7) is 8.42. The minimum absolute atomic E-state index is 0.0299. The molecule has 1 aromatic rings. The van der Waals surface area contributed by atoms with Gasteiger partial charge in [-0.15, -0.1) is 0 Å². The summed E-state index contributed by atoms with van der Waals surface area (Å²) < 4.78 is 11.0. The Bertz CT molecular complexity index is 681. The minimum atomic E-state index is -0.925. The first kappa shape index (κ1) is 18.1. The first-order valence-electron chi connectivity index (χ1n) is 7.71. The molecule has 1 aliphatic heterocycles. The Kier molecular flexibility index (Phi) is 4.50. The number of benzene rings is 1. The van der Waals surface area contributed by atoms with Crippen molar-refractivity contribution in [3.8, 4) is 5.75 Å². The van der Waals surface area contributed by atoms with E-state index in [0.29, 0.717) is 15.4 Å². The van der Waals surface area contributed by atoms with Gasteiger partial charge in [-0.3, -0.25) is 4.74 Å². The average Bonchev–Trinajstić information content (AvgIpc) is 2.65. The molecule has 1 atom stereocenters. The number of carbonyl (C=O) groups is 1. The summed E-state index contributed by atoms with van der Waals surface area (Å²) in [4.78, 5) is 11.6. The molecule has 1 aliphatic rings. The summed E-state index contributed by atoms with van der Waals surface area (Å²) in [6.07, 6.45) is -0.862. The fourth-order valence-electron chi connectivity index (χ4n) is 2.49. The molecule has 1 aromatic carbocycles. The van der Waals surface area contributed by atoms with Crippen LogP contribution in [0.2, 0.25) is 0 Å². The van der Waals surface area contributed by atoms with Crippen molar-refractivity contribution >= 4 is 11.8 Å². The lowest BCUT2D eigenvalue weighted by molar-refractivity contribution is -0.539. The minimum Gasteiger partial charge on any atom is -0.714 e. The van der Waals surface area contributed by atoms with E-state index in [9.17, 15) is 15.2 Å². The van der Waals surface area contributed by atoms with Crippen molar-refractivity contribution in [3.63, 3.8) is 0 Å². The van der Waals surface area contributed by atoms with Crippen LogP contribution in [0.1, 0.15) is 40.2 Å². The Morgan fingerprint density at radius 2 is 1.83 bits per heavy atom. The lowest BCUT2D eigenvalue weighted by atomic mass is 9.84. The second-order valence-corrected chi connectivity index (χ2v) is 6.81. The molecule has 24 heavy (non-hydrogen) atoms. The molecule has 7 nitrogen and oxygen atoms in total. The van der Waals surface area contributed by atoms with Gasteiger partial charge in [0.2, 0.25) is 0 Å². The molecule has 0 saturated carbocycles. The van der Waals surface area contributed by atoms with E-state index in [1.165, 1.54) is 7.11 Å². The largest absolute Gasteiger partial charge is 0.714 e. The Hall–Kier alpha value is -2.28. The fraction of sp³-hybridized carbons (Fsp3) is 0.529. The molecule has 0 N–H and O–H groups in total. The third-order valence-corrected chi connectivity index (χ3v) is 4.86. The topological polar surface area (TPSA) is 84.7 Å². The number of ether oxygens (including phenoxy) is 2. The van der Waals surface area contributed by atoms with E-state index in [1.54, 1.807) is 58.9 Å².